The third-order valence-electron chi connectivity index (χ3n) is 2.94. The summed E-state index contributed by atoms with van der Waals surface area (Å²) < 4.78 is 0. The van der Waals surface area contributed by atoms with Crippen molar-refractivity contribution in [3.05, 3.63) is 12.2 Å². The fourth-order valence-electron chi connectivity index (χ4n) is 2.03. The molecule has 0 bridgehead atoms. The number of Topliss-reactive ketones (excluding diaryl/α,β-unsaturated/α-hetero) is 1. The molecule has 0 spiro atoms. The van der Waals surface area contributed by atoms with Crippen LogP contribution < -0.4 is 10.6 Å². The van der Waals surface area contributed by atoms with E-state index < -0.39 is 0 Å². The molecule has 1 aliphatic carbocycles. The molecule has 90 valence electrons. The van der Waals surface area contributed by atoms with Crippen LogP contribution in [0.15, 0.2) is 12.2 Å². The third-order valence-corrected chi connectivity index (χ3v) is 2.94. The van der Waals surface area contributed by atoms with Gasteiger partial charge in [-0.1, -0.05) is 19.1 Å². The molecule has 0 aromatic rings. The first kappa shape index (κ1) is 12.7. The smallest absolute Gasteiger partial charge is 0.314 e. The van der Waals surface area contributed by atoms with Crippen LogP contribution in [-0.4, -0.2) is 24.9 Å². The summed E-state index contributed by atoms with van der Waals surface area (Å²) in [5.41, 5.74) is 0. The standard InChI is InChI=1S/C12H20N2O2/c1-3-4-5-6-9-10(7-8-11(9)15)14-12(16)13-2/h4-5,9-10H,3,6-8H2,1-2H3,(H2,13,14,16)/b5-4+. The molecular weight excluding hydrogens is 204 g/mol. The molecule has 4 heteroatoms. The van der Waals surface area contributed by atoms with Crippen LogP contribution in [0.1, 0.15) is 32.6 Å². The quantitative estimate of drug-likeness (QED) is 0.713. The summed E-state index contributed by atoms with van der Waals surface area (Å²) in [5.74, 6) is 0.224. The van der Waals surface area contributed by atoms with Gasteiger partial charge in [0, 0.05) is 25.4 Å². The van der Waals surface area contributed by atoms with Gasteiger partial charge >= 0.3 is 6.03 Å². The fraction of sp³-hybridized carbons (Fsp3) is 0.667. The number of hydrogen-bond donors (Lipinski definition) is 2. The highest BCUT2D eigenvalue weighted by molar-refractivity contribution is 5.85. The van der Waals surface area contributed by atoms with Crippen molar-refractivity contribution in [2.24, 2.45) is 5.92 Å². The average molecular weight is 224 g/mol. The number of hydrogen-bond acceptors (Lipinski definition) is 2. The molecule has 1 aliphatic rings. The molecule has 0 aliphatic heterocycles. The first-order valence-electron chi connectivity index (χ1n) is 5.85. The topological polar surface area (TPSA) is 58.2 Å². The van der Waals surface area contributed by atoms with Gasteiger partial charge in [0.1, 0.15) is 5.78 Å². The Morgan fingerprint density at radius 3 is 2.88 bits per heavy atom. The Morgan fingerprint density at radius 2 is 2.25 bits per heavy atom. The lowest BCUT2D eigenvalue weighted by Crippen LogP contribution is -2.43. The maximum Gasteiger partial charge on any atom is 0.314 e. The van der Waals surface area contributed by atoms with E-state index in [0.29, 0.717) is 6.42 Å². The second-order valence-corrected chi connectivity index (χ2v) is 4.06. The van der Waals surface area contributed by atoms with E-state index in [1.165, 1.54) is 0 Å². The van der Waals surface area contributed by atoms with Crippen LogP contribution in [0.25, 0.3) is 0 Å². The summed E-state index contributed by atoms with van der Waals surface area (Å²) in [7, 11) is 1.58. The van der Waals surface area contributed by atoms with E-state index in [0.717, 1.165) is 19.3 Å². The summed E-state index contributed by atoms with van der Waals surface area (Å²) in [6.45, 7) is 2.06. The van der Waals surface area contributed by atoms with E-state index in [1.54, 1.807) is 7.05 Å². The van der Waals surface area contributed by atoms with Crippen LogP contribution in [0.3, 0.4) is 0 Å². The molecule has 0 aromatic heterocycles. The summed E-state index contributed by atoms with van der Waals surface area (Å²) in [5, 5.41) is 5.35. The fourth-order valence-corrected chi connectivity index (χ4v) is 2.03. The maximum absolute atomic E-state index is 11.6. The number of allylic oxidation sites excluding steroid dienone is 2. The molecule has 0 heterocycles. The predicted octanol–water partition coefficient (Wildman–Crippen LogP) is 1.62. The number of rotatable bonds is 4. The van der Waals surface area contributed by atoms with Gasteiger partial charge < -0.3 is 10.6 Å². The Hall–Kier alpha value is -1.32. The first-order chi connectivity index (χ1) is 7.69. The zero-order valence-electron chi connectivity index (χ0n) is 9.95. The molecule has 0 aromatic carbocycles. The summed E-state index contributed by atoms with van der Waals surface area (Å²) in [6, 6.07) is -0.210. The number of amides is 2. The van der Waals surface area contributed by atoms with Crippen molar-refractivity contribution in [2.45, 2.75) is 38.6 Å². The van der Waals surface area contributed by atoms with E-state index in [9.17, 15) is 9.59 Å². The number of carbonyl (C=O) groups excluding carboxylic acids is 2. The van der Waals surface area contributed by atoms with E-state index in [1.807, 2.05) is 6.08 Å². The number of carbonyl (C=O) groups is 2. The van der Waals surface area contributed by atoms with Gasteiger partial charge in [-0.2, -0.15) is 0 Å². The van der Waals surface area contributed by atoms with Crippen molar-refractivity contribution >= 4 is 11.8 Å². The van der Waals surface area contributed by atoms with Crippen LogP contribution in [0.4, 0.5) is 4.79 Å². The zero-order chi connectivity index (χ0) is 12.0. The Labute approximate surface area is 96.5 Å². The van der Waals surface area contributed by atoms with Crippen molar-refractivity contribution in [2.75, 3.05) is 7.05 Å². The lowest BCUT2D eigenvalue weighted by Gasteiger charge is -2.18. The zero-order valence-corrected chi connectivity index (χ0v) is 9.95. The Kier molecular flexibility index (Phi) is 5.02. The monoisotopic (exact) mass is 224 g/mol. The molecule has 1 fully saturated rings. The highest BCUT2D eigenvalue weighted by atomic mass is 16.2. The predicted molar refractivity (Wildman–Crippen MR) is 63.2 cm³/mol. The van der Waals surface area contributed by atoms with E-state index >= 15 is 0 Å². The Bertz CT molecular complexity index is 287. The van der Waals surface area contributed by atoms with E-state index in [2.05, 4.69) is 23.6 Å². The minimum Gasteiger partial charge on any atom is -0.341 e. The number of ketones is 1. The minimum absolute atomic E-state index is 0.00560. The molecule has 2 atom stereocenters. The minimum atomic E-state index is -0.204. The molecule has 0 saturated heterocycles. The van der Waals surface area contributed by atoms with Crippen molar-refractivity contribution in [3.8, 4) is 0 Å². The largest absolute Gasteiger partial charge is 0.341 e. The van der Waals surface area contributed by atoms with E-state index in [-0.39, 0.29) is 23.8 Å². The van der Waals surface area contributed by atoms with Gasteiger partial charge in [0.15, 0.2) is 0 Å². The molecule has 16 heavy (non-hydrogen) atoms. The molecule has 1 rings (SSSR count). The van der Waals surface area contributed by atoms with Crippen LogP contribution in [-0.2, 0) is 4.79 Å². The van der Waals surface area contributed by atoms with Gasteiger partial charge in [-0.3, -0.25) is 4.79 Å². The number of urea groups is 1. The second-order valence-electron chi connectivity index (χ2n) is 4.06. The summed E-state index contributed by atoms with van der Waals surface area (Å²) >= 11 is 0. The highest BCUT2D eigenvalue weighted by Gasteiger charge is 2.34. The molecule has 2 amide bonds. The van der Waals surface area contributed by atoms with Gasteiger partial charge in [0.2, 0.25) is 0 Å². The van der Waals surface area contributed by atoms with Crippen molar-refractivity contribution in [1.29, 1.82) is 0 Å². The third kappa shape index (κ3) is 3.36. The van der Waals surface area contributed by atoms with Crippen LogP contribution >= 0.6 is 0 Å². The van der Waals surface area contributed by atoms with Gasteiger partial charge in [-0.25, -0.2) is 4.79 Å². The summed E-state index contributed by atoms with van der Waals surface area (Å²) in [6.07, 6.45) is 7.15. The molecule has 2 unspecified atom stereocenters. The molecule has 1 saturated carbocycles. The Morgan fingerprint density at radius 1 is 1.50 bits per heavy atom. The van der Waals surface area contributed by atoms with Gasteiger partial charge in [0.05, 0.1) is 0 Å². The normalized spacial score (nSPS) is 25.0. The van der Waals surface area contributed by atoms with Crippen molar-refractivity contribution in [3.63, 3.8) is 0 Å². The van der Waals surface area contributed by atoms with E-state index in [4.69, 9.17) is 0 Å². The highest BCUT2D eigenvalue weighted by Crippen LogP contribution is 2.25. The van der Waals surface area contributed by atoms with Crippen molar-refractivity contribution < 1.29 is 9.59 Å². The van der Waals surface area contributed by atoms with Crippen molar-refractivity contribution in [1.82, 2.24) is 10.6 Å². The molecule has 2 N–H and O–H groups in total. The Balaban J connectivity index is 2.52. The lowest BCUT2D eigenvalue weighted by atomic mass is 9.98. The second kappa shape index (κ2) is 6.30. The summed E-state index contributed by atoms with van der Waals surface area (Å²) in [4.78, 5) is 22.8. The van der Waals surface area contributed by atoms with Gasteiger partial charge in [-0.05, 0) is 19.3 Å². The first-order valence-corrected chi connectivity index (χ1v) is 5.85. The molecule has 0 radical (unpaired) electrons. The average Bonchev–Trinajstić information content (AvgIpc) is 2.61. The lowest BCUT2D eigenvalue weighted by molar-refractivity contribution is -0.120. The van der Waals surface area contributed by atoms with Crippen LogP contribution in [0, 0.1) is 5.92 Å². The van der Waals surface area contributed by atoms with Crippen LogP contribution in [0.2, 0.25) is 0 Å². The maximum atomic E-state index is 11.6. The molecular formula is C12H20N2O2. The van der Waals surface area contributed by atoms with Crippen LogP contribution in [0.5, 0.6) is 0 Å². The molecule has 4 nitrogen and oxygen atoms in total. The van der Waals surface area contributed by atoms with Gasteiger partial charge in [-0.15, -0.1) is 0 Å². The van der Waals surface area contributed by atoms with Gasteiger partial charge in [0.25, 0.3) is 0 Å². The SMILES string of the molecule is CC/C=C/CC1C(=O)CCC1NC(=O)NC. The number of nitrogens with one attached hydrogen (secondary N) is 2.